The highest BCUT2D eigenvalue weighted by atomic mass is 16.5. The van der Waals surface area contributed by atoms with Crippen LogP contribution in [-0.2, 0) is 9.53 Å². The quantitative estimate of drug-likeness (QED) is 0.142. The molecule has 0 saturated heterocycles. The minimum absolute atomic E-state index is 0.0246. The molecule has 0 fully saturated rings. The van der Waals surface area contributed by atoms with E-state index in [2.05, 4.69) is 41.4 Å². The van der Waals surface area contributed by atoms with E-state index in [0.29, 0.717) is 42.6 Å². The van der Waals surface area contributed by atoms with Gasteiger partial charge in [-0.2, -0.15) is 4.98 Å². The van der Waals surface area contributed by atoms with Crippen LogP contribution in [0.1, 0.15) is 68.4 Å². The second-order valence-electron chi connectivity index (χ2n) is 9.90. The van der Waals surface area contributed by atoms with Crippen LogP contribution in [0.2, 0.25) is 0 Å². The van der Waals surface area contributed by atoms with E-state index in [1.807, 2.05) is 66.7 Å². The molecule has 4 rings (SSSR count). The van der Waals surface area contributed by atoms with Crippen molar-refractivity contribution in [2.24, 2.45) is 5.92 Å². The number of nitrogens with zero attached hydrogens (tertiary/aromatic N) is 2. The van der Waals surface area contributed by atoms with Crippen LogP contribution < -0.4 is 5.32 Å². The second-order valence-corrected chi connectivity index (χ2v) is 9.90. The van der Waals surface area contributed by atoms with Crippen LogP contribution in [0.5, 0.6) is 0 Å². The maximum Gasteiger partial charge on any atom is 0.305 e. The van der Waals surface area contributed by atoms with Gasteiger partial charge >= 0.3 is 5.97 Å². The van der Waals surface area contributed by atoms with Gasteiger partial charge in [-0.3, -0.25) is 9.59 Å². The van der Waals surface area contributed by atoms with E-state index in [-0.39, 0.29) is 24.2 Å². The summed E-state index contributed by atoms with van der Waals surface area (Å²) in [6.45, 7) is 6.53. The van der Waals surface area contributed by atoms with Gasteiger partial charge in [0, 0.05) is 35.2 Å². The highest BCUT2D eigenvalue weighted by Gasteiger charge is 2.16. The lowest BCUT2D eigenvalue weighted by Gasteiger charge is -2.22. The summed E-state index contributed by atoms with van der Waals surface area (Å²) in [5.41, 5.74) is 4.51. The highest BCUT2D eigenvalue weighted by molar-refractivity contribution is 5.96. The molecule has 0 saturated carbocycles. The van der Waals surface area contributed by atoms with Gasteiger partial charge in [-0.1, -0.05) is 61.5 Å². The topological polar surface area (TPSA) is 94.3 Å². The zero-order chi connectivity index (χ0) is 27.6. The molecule has 0 unspecified atom stereocenters. The number of aromatic nitrogens is 2. The fraction of sp³-hybridized carbons (Fsp3) is 0.312. The summed E-state index contributed by atoms with van der Waals surface area (Å²) < 4.78 is 10.4. The molecule has 39 heavy (non-hydrogen) atoms. The highest BCUT2D eigenvalue weighted by Crippen LogP contribution is 2.29. The van der Waals surface area contributed by atoms with E-state index in [0.717, 1.165) is 28.8 Å². The van der Waals surface area contributed by atoms with Gasteiger partial charge in [0.2, 0.25) is 5.82 Å². The zero-order valence-electron chi connectivity index (χ0n) is 22.7. The van der Waals surface area contributed by atoms with E-state index in [1.165, 1.54) is 0 Å². The van der Waals surface area contributed by atoms with E-state index < -0.39 is 0 Å². The Bertz CT molecular complexity index is 1350. The van der Waals surface area contributed by atoms with Crippen LogP contribution in [0.25, 0.3) is 22.8 Å². The van der Waals surface area contributed by atoms with Gasteiger partial charge in [0.05, 0.1) is 12.6 Å². The lowest BCUT2D eigenvalue weighted by atomic mass is 9.95. The van der Waals surface area contributed by atoms with Crippen molar-refractivity contribution in [1.29, 1.82) is 0 Å². The number of carbonyl (C=O) groups excluding carboxylic acids is 2. The smallest absolute Gasteiger partial charge is 0.305 e. The Labute approximate surface area is 229 Å². The molecule has 0 aliphatic heterocycles. The molecule has 1 aromatic heterocycles. The molecule has 7 nitrogen and oxygen atoms in total. The number of ether oxygens (including phenoxy) is 1. The number of hydrogen-bond acceptors (Lipinski definition) is 7. The molecule has 0 bridgehead atoms. The molecule has 0 radical (unpaired) electrons. The first-order valence-electron chi connectivity index (χ1n) is 13.5. The molecule has 1 atom stereocenters. The van der Waals surface area contributed by atoms with Gasteiger partial charge in [0.1, 0.15) is 0 Å². The average Bonchev–Trinajstić information content (AvgIpc) is 3.44. The summed E-state index contributed by atoms with van der Waals surface area (Å²) in [5, 5.41) is 7.75. The van der Waals surface area contributed by atoms with E-state index >= 15 is 0 Å². The van der Waals surface area contributed by atoms with Gasteiger partial charge in [-0.25, -0.2) is 0 Å². The first-order valence-corrected chi connectivity index (χ1v) is 13.5. The second kappa shape index (κ2) is 13.5. The number of Topliss-reactive ketones (excluding diaryl/α,β-unsaturated/α-hetero) is 1. The van der Waals surface area contributed by atoms with Crippen LogP contribution >= 0.6 is 0 Å². The molecule has 0 aliphatic carbocycles. The maximum atomic E-state index is 12.5. The van der Waals surface area contributed by atoms with Crippen molar-refractivity contribution in [2.75, 3.05) is 11.9 Å². The molecule has 0 spiro atoms. The predicted molar refractivity (Wildman–Crippen MR) is 152 cm³/mol. The standard InChI is InChI=1S/C32H35N3O4/c1-4-38-30(37)12-8-11-29(36)24-17-19-27(20-18-24)33-28(21-22(2)3)23-13-15-26(16-14-23)32-34-31(35-39-32)25-9-6-5-7-10-25/h5-7,9-10,13-20,22,28,33H,4,8,11-12,21H2,1-3H3/t28-/m0/s1. The molecule has 202 valence electrons. The SMILES string of the molecule is CCOC(=O)CCCC(=O)c1ccc(N[C@@H](CC(C)C)c2ccc(-c3nc(-c4ccccc4)no3)cc2)cc1. The van der Waals surface area contributed by atoms with Crippen LogP contribution in [0.3, 0.4) is 0 Å². The predicted octanol–water partition coefficient (Wildman–Crippen LogP) is 7.52. The van der Waals surface area contributed by atoms with Gasteiger partial charge in [-0.15, -0.1) is 0 Å². The van der Waals surface area contributed by atoms with E-state index in [1.54, 1.807) is 6.92 Å². The lowest BCUT2D eigenvalue weighted by Crippen LogP contribution is -2.13. The Morgan fingerprint density at radius 3 is 2.28 bits per heavy atom. The number of anilines is 1. The minimum atomic E-state index is -0.261. The Hall–Kier alpha value is -4.26. The largest absolute Gasteiger partial charge is 0.466 e. The van der Waals surface area contributed by atoms with Crippen LogP contribution in [0, 0.1) is 5.92 Å². The summed E-state index contributed by atoms with van der Waals surface area (Å²) >= 11 is 0. The summed E-state index contributed by atoms with van der Waals surface area (Å²) in [6.07, 6.45) is 2.00. The summed E-state index contributed by atoms with van der Waals surface area (Å²) in [7, 11) is 0. The van der Waals surface area contributed by atoms with Crippen molar-refractivity contribution >= 4 is 17.4 Å². The third-order valence-electron chi connectivity index (χ3n) is 6.36. The third kappa shape index (κ3) is 7.87. The number of nitrogens with one attached hydrogen (secondary N) is 1. The Morgan fingerprint density at radius 2 is 1.62 bits per heavy atom. The van der Waals surface area contributed by atoms with Gasteiger partial charge in [0.15, 0.2) is 5.78 Å². The molecular formula is C32H35N3O4. The number of rotatable bonds is 13. The average molecular weight is 526 g/mol. The number of carbonyl (C=O) groups is 2. The number of hydrogen-bond donors (Lipinski definition) is 1. The number of benzene rings is 3. The molecular weight excluding hydrogens is 490 g/mol. The first kappa shape index (κ1) is 27.8. The fourth-order valence-electron chi connectivity index (χ4n) is 4.38. The number of ketones is 1. The Kier molecular flexibility index (Phi) is 9.62. The molecule has 7 heteroatoms. The lowest BCUT2D eigenvalue weighted by molar-refractivity contribution is -0.143. The van der Waals surface area contributed by atoms with Gasteiger partial charge in [0.25, 0.3) is 5.89 Å². The molecule has 4 aromatic rings. The van der Waals surface area contributed by atoms with Crippen LogP contribution in [-0.4, -0.2) is 28.5 Å². The monoisotopic (exact) mass is 525 g/mol. The molecule has 3 aromatic carbocycles. The summed E-state index contributed by atoms with van der Waals surface area (Å²) in [5.74, 6) is 1.29. The van der Waals surface area contributed by atoms with Crippen molar-refractivity contribution in [3.63, 3.8) is 0 Å². The zero-order valence-corrected chi connectivity index (χ0v) is 22.7. The first-order chi connectivity index (χ1) is 18.9. The summed E-state index contributed by atoms with van der Waals surface area (Å²) in [6, 6.07) is 25.6. The fourth-order valence-corrected chi connectivity index (χ4v) is 4.38. The number of esters is 1. The van der Waals surface area contributed by atoms with E-state index in [9.17, 15) is 9.59 Å². The molecule has 1 N–H and O–H groups in total. The Balaban J connectivity index is 1.40. The van der Waals surface area contributed by atoms with Gasteiger partial charge in [-0.05, 0) is 67.6 Å². The van der Waals surface area contributed by atoms with Crippen molar-refractivity contribution in [3.05, 3.63) is 90.0 Å². The maximum absolute atomic E-state index is 12.5. The molecule has 1 heterocycles. The van der Waals surface area contributed by atoms with Crippen LogP contribution in [0.15, 0.2) is 83.4 Å². The summed E-state index contributed by atoms with van der Waals surface area (Å²) in [4.78, 5) is 28.6. The Morgan fingerprint density at radius 1 is 0.897 bits per heavy atom. The minimum Gasteiger partial charge on any atom is -0.466 e. The van der Waals surface area contributed by atoms with Crippen molar-refractivity contribution < 1.29 is 18.8 Å². The van der Waals surface area contributed by atoms with E-state index in [4.69, 9.17) is 9.26 Å². The molecule has 0 aliphatic rings. The van der Waals surface area contributed by atoms with Crippen molar-refractivity contribution in [2.45, 2.75) is 52.5 Å². The van der Waals surface area contributed by atoms with Crippen LogP contribution in [0.4, 0.5) is 5.69 Å². The van der Waals surface area contributed by atoms with Gasteiger partial charge < -0.3 is 14.6 Å². The third-order valence-corrected chi connectivity index (χ3v) is 6.36. The van der Waals surface area contributed by atoms with Crippen molar-refractivity contribution in [1.82, 2.24) is 10.1 Å². The van der Waals surface area contributed by atoms with Crippen molar-refractivity contribution in [3.8, 4) is 22.8 Å². The molecule has 0 amide bonds. The normalized spacial score (nSPS) is 11.8.